The number of piperidine rings is 1. The molecule has 7 heteroatoms. The van der Waals surface area contributed by atoms with E-state index in [0.717, 1.165) is 37.8 Å². The highest BCUT2D eigenvalue weighted by Gasteiger charge is 2.54. The van der Waals surface area contributed by atoms with Crippen LogP contribution in [-0.2, 0) is 14.4 Å². The molecule has 0 unspecified atom stereocenters. The van der Waals surface area contributed by atoms with Gasteiger partial charge in [0.15, 0.2) is 0 Å². The smallest absolute Gasteiger partial charge is 0.250 e. The van der Waals surface area contributed by atoms with Gasteiger partial charge in [-0.2, -0.15) is 0 Å². The number of benzene rings is 1. The summed E-state index contributed by atoms with van der Waals surface area (Å²) in [5.41, 5.74) is 0.316. The van der Waals surface area contributed by atoms with E-state index in [4.69, 9.17) is 0 Å². The summed E-state index contributed by atoms with van der Waals surface area (Å²) in [7, 11) is 0. The molecule has 3 amide bonds. The van der Waals surface area contributed by atoms with Gasteiger partial charge in [0.1, 0.15) is 12.1 Å². The lowest BCUT2D eigenvalue weighted by molar-refractivity contribution is -0.140. The van der Waals surface area contributed by atoms with Crippen molar-refractivity contribution in [3.05, 3.63) is 30.3 Å². The quantitative estimate of drug-likeness (QED) is 0.620. The van der Waals surface area contributed by atoms with E-state index in [9.17, 15) is 14.4 Å². The summed E-state index contributed by atoms with van der Waals surface area (Å²) >= 11 is 0. The van der Waals surface area contributed by atoms with Crippen LogP contribution < -0.4 is 10.2 Å². The van der Waals surface area contributed by atoms with Gasteiger partial charge >= 0.3 is 0 Å². The highest BCUT2D eigenvalue weighted by molar-refractivity contribution is 5.96. The minimum atomic E-state index is -0.686. The van der Waals surface area contributed by atoms with E-state index in [2.05, 4.69) is 10.2 Å². The van der Waals surface area contributed by atoms with Crippen LogP contribution in [0.25, 0.3) is 0 Å². The molecule has 2 saturated carbocycles. The molecule has 4 fully saturated rings. The zero-order chi connectivity index (χ0) is 25.0. The fourth-order valence-electron chi connectivity index (χ4n) is 6.93. The van der Waals surface area contributed by atoms with Gasteiger partial charge in [-0.1, -0.05) is 63.1 Å². The number of carbonyl (C=O) groups excluding carboxylic acids is 3. The molecule has 2 aliphatic heterocycles. The first kappa shape index (κ1) is 25.1. The maximum atomic E-state index is 13.9. The summed E-state index contributed by atoms with van der Waals surface area (Å²) in [6, 6.07) is 10.3. The van der Waals surface area contributed by atoms with Crippen LogP contribution in [0.1, 0.15) is 83.5 Å². The minimum Gasteiger partial charge on any atom is -0.352 e. The third-order valence-corrected chi connectivity index (χ3v) is 9.07. The van der Waals surface area contributed by atoms with Crippen LogP contribution in [0, 0.1) is 5.92 Å². The van der Waals surface area contributed by atoms with Crippen molar-refractivity contribution in [1.29, 1.82) is 0 Å². The van der Waals surface area contributed by atoms with Crippen molar-refractivity contribution in [2.24, 2.45) is 5.92 Å². The third-order valence-electron chi connectivity index (χ3n) is 9.07. The van der Waals surface area contributed by atoms with Crippen molar-refractivity contribution in [3.8, 4) is 0 Å². The molecule has 5 rings (SSSR count). The molecule has 0 bridgehead atoms. The summed E-state index contributed by atoms with van der Waals surface area (Å²) in [5, 5.41) is 3.17. The summed E-state index contributed by atoms with van der Waals surface area (Å²) in [4.78, 5) is 45.6. The first-order chi connectivity index (χ1) is 17.5. The van der Waals surface area contributed by atoms with Gasteiger partial charge in [-0.25, -0.2) is 0 Å². The molecule has 4 aliphatic rings. The van der Waals surface area contributed by atoms with Gasteiger partial charge < -0.3 is 20.0 Å². The van der Waals surface area contributed by atoms with E-state index in [-0.39, 0.29) is 30.3 Å². The second-order valence-electron chi connectivity index (χ2n) is 11.4. The SMILES string of the molecule is O=C(CN1CN(c2ccccc2)C2(CCN(C(=O)CCC3CCCC3)CC2)C1=O)NC1CCCCC1. The van der Waals surface area contributed by atoms with Crippen LogP contribution >= 0.6 is 0 Å². The first-order valence-electron chi connectivity index (χ1n) is 14.2. The summed E-state index contributed by atoms with van der Waals surface area (Å²) in [5.74, 6) is 0.920. The van der Waals surface area contributed by atoms with Gasteiger partial charge in [-0.05, 0) is 50.2 Å². The Morgan fingerprint density at radius 1 is 0.917 bits per heavy atom. The number of para-hydroxylation sites is 1. The van der Waals surface area contributed by atoms with Crippen LogP contribution in [0.2, 0.25) is 0 Å². The van der Waals surface area contributed by atoms with Crippen LogP contribution in [-0.4, -0.2) is 65.4 Å². The number of rotatable bonds is 7. The van der Waals surface area contributed by atoms with Gasteiger partial charge in [0.25, 0.3) is 5.91 Å². The van der Waals surface area contributed by atoms with Gasteiger partial charge in [0.2, 0.25) is 11.8 Å². The van der Waals surface area contributed by atoms with E-state index >= 15 is 0 Å². The summed E-state index contributed by atoms with van der Waals surface area (Å²) in [6.07, 6.45) is 13.6. The second-order valence-corrected chi connectivity index (χ2v) is 11.4. The zero-order valence-electron chi connectivity index (χ0n) is 21.6. The van der Waals surface area contributed by atoms with Crippen molar-refractivity contribution < 1.29 is 14.4 Å². The molecule has 2 saturated heterocycles. The Morgan fingerprint density at radius 3 is 2.28 bits per heavy atom. The number of hydrogen-bond donors (Lipinski definition) is 1. The molecule has 1 spiro atoms. The summed E-state index contributed by atoms with van der Waals surface area (Å²) < 4.78 is 0. The summed E-state index contributed by atoms with van der Waals surface area (Å²) in [6.45, 7) is 1.71. The molecular formula is C29H42N4O3. The standard InChI is InChI=1S/C29H42N4O3/c34-26(30-24-11-3-1-4-12-24)21-32-22-33(25-13-5-2-6-14-25)29(28(32)36)17-19-31(20-18-29)27(35)16-15-23-9-7-8-10-23/h2,5-6,13-14,23-24H,1,3-4,7-12,15-22H2,(H,30,34). The lowest BCUT2D eigenvalue weighted by Gasteiger charge is -2.43. The Morgan fingerprint density at radius 2 is 1.58 bits per heavy atom. The number of anilines is 1. The minimum absolute atomic E-state index is 0.0307. The Balaban J connectivity index is 1.24. The number of amides is 3. The molecule has 36 heavy (non-hydrogen) atoms. The van der Waals surface area contributed by atoms with Crippen molar-refractivity contribution >= 4 is 23.4 Å². The van der Waals surface area contributed by atoms with Crippen LogP contribution in [0.5, 0.6) is 0 Å². The topological polar surface area (TPSA) is 73.0 Å². The lowest BCUT2D eigenvalue weighted by Crippen LogP contribution is -2.57. The molecule has 1 aromatic rings. The highest BCUT2D eigenvalue weighted by Crippen LogP contribution is 2.39. The predicted octanol–water partition coefficient (Wildman–Crippen LogP) is 4.07. The maximum absolute atomic E-state index is 13.9. The van der Waals surface area contributed by atoms with Crippen molar-refractivity contribution in [2.45, 2.75) is 95.1 Å². The van der Waals surface area contributed by atoms with Crippen molar-refractivity contribution in [2.75, 3.05) is 31.2 Å². The largest absolute Gasteiger partial charge is 0.352 e. The Bertz CT molecular complexity index is 916. The Kier molecular flexibility index (Phi) is 7.82. The van der Waals surface area contributed by atoms with E-state index in [1.165, 1.54) is 32.1 Å². The molecule has 1 aromatic carbocycles. The normalized spacial score (nSPS) is 23.0. The second kappa shape index (κ2) is 11.2. The van der Waals surface area contributed by atoms with Gasteiger partial charge in [0, 0.05) is 31.2 Å². The third kappa shape index (κ3) is 5.40. The Labute approximate surface area is 215 Å². The molecule has 2 aliphatic carbocycles. The first-order valence-corrected chi connectivity index (χ1v) is 14.2. The molecule has 7 nitrogen and oxygen atoms in total. The van der Waals surface area contributed by atoms with E-state index in [1.807, 2.05) is 35.2 Å². The van der Waals surface area contributed by atoms with E-state index in [0.29, 0.717) is 44.9 Å². The molecular weight excluding hydrogens is 452 g/mol. The monoisotopic (exact) mass is 494 g/mol. The molecule has 0 atom stereocenters. The number of nitrogens with one attached hydrogen (secondary N) is 1. The maximum Gasteiger partial charge on any atom is 0.250 e. The lowest BCUT2D eigenvalue weighted by atomic mass is 9.85. The predicted molar refractivity (Wildman–Crippen MR) is 140 cm³/mol. The Hall–Kier alpha value is -2.57. The highest BCUT2D eigenvalue weighted by atomic mass is 16.2. The fourth-order valence-corrected chi connectivity index (χ4v) is 6.93. The van der Waals surface area contributed by atoms with Crippen LogP contribution in [0.4, 0.5) is 5.69 Å². The van der Waals surface area contributed by atoms with Crippen molar-refractivity contribution in [3.63, 3.8) is 0 Å². The van der Waals surface area contributed by atoms with Gasteiger partial charge in [0.05, 0.1) is 6.67 Å². The van der Waals surface area contributed by atoms with E-state index < -0.39 is 5.54 Å². The van der Waals surface area contributed by atoms with E-state index in [1.54, 1.807) is 4.90 Å². The van der Waals surface area contributed by atoms with Gasteiger partial charge in [-0.15, -0.1) is 0 Å². The van der Waals surface area contributed by atoms with Crippen LogP contribution in [0.3, 0.4) is 0 Å². The number of nitrogens with zero attached hydrogens (tertiary/aromatic N) is 3. The molecule has 2 heterocycles. The number of hydrogen-bond acceptors (Lipinski definition) is 4. The molecule has 0 aromatic heterocycles. The molecule has 1 N–H and O–H groups in total. The number of likely N-dealkylation sites (tertiary alicyclic amines) is 1. The van der Waals surface area contributed by atoms with Crippen LogP contribution in [0.15, 0.2) is 30.3 Å². The average Bonchev–Trinajstić information content (AvgIpc) is 3.52. The molecule has 0 radical (unpaired) electrons. The molecule has 196 valence electrons. The fraction of sp³-hybridized carbons (Fsp3) is 0.690. The number of carbonyl (C=O) groups is 3. The average molecular weight is 495 g/mol. The zero-order valence-corrected chi connectivity index (χ0v) is 21.6. The van der Waals surface area contributed by atoms with Gasteiger partial charge in [-0.3, -0.25) is 14.4 Å². The van der Waals surface area contributed by atoms with Crippen molar-refractivity contribution in [1.82, 2.24) is 15.1 Å².